The van der Waals surface area contributed by atoms with Crippen LogP contribution in [0.5, 0.6) is 0 Å². The average Bonchev–Trinajstić information content (AvgIpc) is 3.33. The molecule has 1 aliphatic rings. The summed E-state index contributed by atoms with van der Waals surface area (Å²) in [7, 11) is 0. The zero-order valence-corrected chi connectivity index (χ0v) is 23.2. The lowest BCUT2D eigenvalue weighted by Crippen LogP contribution is -2.29. The first-order valence-electron chi connectivity index (χ1n) is 11.5. The minimum Gasteiger partial charge on any atom is -0.351 e. The first-order chi connectivity index (χ1) is 16.8. The normalized spacial score (nSPS) is 17.7. The molecule has 7 heteroatoms. The molecule has 1 fully saturated rings. The molecule has 0 unspecified atom stereocenters. The lowest BCUT2D eigenvalue weighted by molar-refractivity contribution is 0.565. The predicted octanol–water partition coefficient (Wildman–Crippen LogP) is 7.70. The van der Waals surface area contributed by atoms with Crippen LogP contribution in [0.15, 0.2) is 71.3 Å². The van der Waals surface area contributed by atoms with Gasteiger partial charge in [-0.3, -0.25) is 4.98 Å². The van der Waals surface area contributed by atoms with Crippen LogP contribution >= 0.6 is 39.7 Å². The van der Waals surface area contributed by atoms with Crippen molar-refractivity contribution in [2.75, 3.05) is 4.90 Å². The molecule has 1 aliphatic heterocycles. The van der Waals surface area contributed by atoms with E-state index in [2.05, 4.69) is 94.8 Å². The van der Waals surface area contributed by atoms with Crippen molar-refractivity contribution in [3.8, 4) is 5.69 Å². The van der Waals surface area contributed by atoms with Crippen LogP contribution in [0.1, 0.15) is 45.9 Å². The van der Waals surface area contributed by atoms with Gasteiger partial charge in [-0.2, -0.15) is 0 Å². The van der Waals surface area contributed by atoms with Crippen LogP contribution < -0.4 is 10.2 Å². The Morgan fingerprint density at radius 2 is 1.80 bits per heavy atom. The molecular weight excluding hydrogens is 540 g/mol. The molecule has 1 saturated heterocycles. The molecule has 0 amide bonds. The van der Waals surface area contributed by atoms with Gasteiger partial charge in [0.2, 0.25) is 0 Å². The van der Waals surface area contributed by atoms with E-state index in [4.69, 9.17) is 28.8 Å². The maximum Gasteiger partial charge on any atom is 0.174 e. The smallest absolute Gasteiger partial charge is 0.174 e. The highest BCUT2D eigenvalue weighted by Gasteiger charge is 2.42. The molecule has 5 rings (SSSR count). The van der Waals surface area contributed by atoms with Gasteiger partial charge in [-0.1, -0.05) is 39.7 Å². The van der Waals surface area contributed by atoms with Gasteiger partial charge in [0.1, 0.15) is 0 Å². The van der Waals surface area contributed by atoms with Crippen molar-refractivity contribution < 1.29 is 0 Å². The van der Waals surface area contributed by atoms with E-state index in [-0.39, 0.29) is 12.1 Å². The fourth-order valence-corrected chi connectivity index (χ4v) is 5.79. The van der Waals surface area contributed by atoms with Gasteiger partial charge >= 0.3 is 0 Å². The van der Waals surface area contributed by atoms with Gasteiger partial charge in [0.25, 0.3) is 0 Å². The van der Waals surface area contributed by atoms with Crippen LogP contribution in [0.2, 0.25) is 5.02 Å². The number of benzene rings is 2. The Morgan fingerprint density at radius 1 is 1.00 bits per heavy atom. The molecular formula is C28H26BrClN4S. The maximum absolute atomic E-state index is 6.49. The minimum atomic E-state index is -0.0953. The van der Waals surface area contributed by atoms with Crippen LogP contribution in [0, 0.1) is 27.7 Å². The SMILES string of the molecule is Cc1cc(N2C(=S)N[C@@H](c3ccccn3)[C@H]2c2cc(C)n(-c3cccc(Cl)c3C)c2C)ccc1Br. The molecule has 0 saturated carbocycles. The van der Waals surface area contributed by atoms with Crippen molar-refractivity contribution in [3.05, 3.63) is 110 Å². The summed E-state index contributed by atoms with van der Waals surface area (Å²) in [5, 5.41) is 5.02. The summed E-state index contributed by atoms with van der Waals surface area (Å²) < 4.78 is 3.37. The second-order valence-corrected chi connectivity index (χ2v) is 10.6. The number of thiocarbonyl (C=S) groups is 1. The second-order valence-electron chi connectivity index (χ2n) is 8.98. The highest BCUT2D eigenvalue weighted by Crippen LogP contribution is 2.44. The Bertz CT molecular complexity index is 1430. The van der Waals surface area contributed by atoms with E-state index in [9.17, 15) is 0 Å². The molecule has 1 N–H and O–H groups in total. The van der Waals surface area contributed by atoms with Gasteiger partial charge in [-0.25, -0.2) is 0 Å². The van der Waals surface area contributed by atoms with Gasteiger partial charge in [-0.05, 0) is 105 Å². The van der Waals surface area contributed by atoms with Gasteiger partial charge in [0.15, 0.2) is 5.11 Å². The Morgan fingerprint density at radius 3 is 2.51 bits per heavy atom. The highest BCUT2D eigenvalue weighted by molar-refractivity contribution is 9.10. The zero-order chi connectivity index (χ0) is 24.9. The number of anilines is 1. The molecule has 0 bridgehead atoms. The van der Waals surface area contributed by atoms with Crippen LogP contribution in [-0.2, 0) is 0 Å². The van der Waals surface area contributed by atoms with Crippen molar-refractivity contribution in [2.45, 2.75) is 39.8 Å². The number of pyridine rings is 1. The molecule has 2 aromatic heterocycles. The monoisotopic (exact) mass is 564 g/mol. The van der Waals surface area contributed by atoms with Gasteiger partial charge < -0.3 is 14.8 Å². The van der Waals surface area contributed by atoms with Gasteiger partial charge in [-0.15, -0.1) is 0 Å². The average molecular weight is 566 g/mol. The standard InChI is InChI=1S/C28H26BrClN4S/c1-16-14-20(11-12-22(16)29)34-27(26(32-28(34)35)24-9-5-6-13-31-24)21-15-17(2)33(19(21)4)25-10-7-8-23(30)18(25)3/h5-15,26-27H,1-4H3,(H,32,35)/t26-,27+/m0/s1. The lowest BCUT2D eigenvalue weighted by atomic mass is 9.96. The van der Waals surface area contributed by atoms with E-state index in [1.165, 1.54) is 5.56 Å². The summed E-state index contributed by atoms with van der Waals surface area (Å²) in [6, 6.07) is 20.5. The third-order valence-electron chi connectivity index (χ3n) is 6.79. The zero-order valence-electron chi connectivity index (χ0n) is 20.0. The molecule has 35 heavy (non-hydrogen) atoms. The first-order valence-corrected chi connectivity index (χ1v) is 13.1. The number of hydrogen-bond acceptors (Lipinski definition) is 2. The van der Waals surface area contributed by atoms with E-state index in [1.807, 2.05) is 30.5 Å². The molecule has 0 spiro atoms. The fourth-order valence-electron chi connectivity index (χ4n) is 5.02. The lowest BCUT2D eigenvalue weighted by Gasteiger charge is -2.28. The topological polar surface area (TPSA) is 33.1 Å². The van der Waals surface area contributed by atoms with Gasteiger partial charge in [0.05, 0.1) is 17.8 Å². The van der Waals surface area contributed by atoms with Crippen molar-refractivity contribution in [2.24, 2.45) is 0 Å². The number of aromatic nitrogens is 2. The summed E-state index contributed by atoms with van der Waals surface area (Å²) >= 11 is 16.0. The summed E-state index contributed by atoms with van der Waals surface area (Å²) in [5.41, 5.74) is 8.82. The molecule has 178 valence electrons. The second kappa shape index (κ2) is 9.41. The summed E-state index contributed by atoms with van der Waals surface area (Å²) in [5.74, 6) is 0. The first kappa shape index (κ1) is 24.0. The fraction of sp³-hybridized carbons (Fsp3) is 0.214. The molecule has 0 aliphatic carbocycles. The quantitative estimate of drug-likeness (QED) is 0.257. The van der Waals surface area contributed by atoms with E-state index < -0.39 is 0 Å². The highest BCUT2D eigenvalue weighted by atomic mass is 79.9. The van der Waals surface area contributed by atoms with E-state index in [0.717, 1.165) is 49.1 Å². The molecule has 3 heterocycles. The van der Waals surface area contributed by atoms with Crippen molar-refractivity contribution in [3.63, 3.8) is 0 Å². The van der Waals surface area contributed by atoms with E-state index in [0.29, 0.717) is 5.11 Å². The third-order valence-corrected chi connectivity index (χ3v) is 8.40. The number of nitrogens with zero attached hydrogens (tertiary/aromatic N) is 3. The summed E-state index contributed by atoms with van der Waals surface area (Å²) in [4.78, 5) is 6.92. The van der Waals surface area contributed by atoms with Crippen molar-refractivity contribution in [1.82, 2.24) is 14.9 Å². The number of aryl methyl sites for hydroxylation is 2. The van der Waals surface area contributed by atoms with Crippen LogP contribution in [0.25, 0.3) is 5.69 Å². The van der Waals surface area contributed by atoms with Crippen molar-refractivity contribution in [1.29, 1.82) is 0 Å². The Hall–Kier alpha value is -2.67. The predicted molar refractivity (Wildman–Crippen MR) is 152 cm³/mol. The molecule has 4 nitrogen and oxygen atoms in total. The van der Waals surface area contributed by atoms with Crippen molar-refractivity contribution >= 4 is 50.5 Å². The van der Waals surface area contributed by atoms with Crippen LogP contribution in [-0.4, -0.2) is 14.7 Å². The Balaban J connectivity index is 1.71. The summed E-state index contributed by atoms with van der Waals surface area (Å²) in [6.45, 7) is 8.47. The molecule has 2 aromatic carbocycles. The number of nitrogens with one attached hydrogen (secondary N) is 1. The Labute approximate surface area is 225 Å². The largest absolute Gasteiger partial charge is 0.351 e. The summed E-state index contributed by atoms with van der Waals surface area (Å²) in [6.07, 6.45) is 1.84. The molecule has 4 aromatic rings. The molecule has 0 radical (unpaired) electrons. The van der Waals surface area contributed by atoms with E-state index >= 15 is 0 Å². The maximum atomic E-state index is 6.49. The number of rotatable bonds is 4. The van der Waals surface area contributed by atoms with Gasteiger partial charge in [0, 0.05) is 38.5 Å². The Kier molecular flexibility index (Phi) is 6.47. The molecule has 2 atom stereocenters. The number of hydrogen-bond donors (Lipinski definition) is 1. The number of halogens is 2. The third kappa shape index (κ3) is 4.18. The van der Waals surface area contributed by atoms with Crippen LogP contribution in [0.3, 0.4) is 0 Å². The van der Waals surface area contributed by atoms with Crippen LogP contribution in [0.4, 0.5) is 5.69 Å². The minimum absolute atomic E-state index is 0.0718. The van der Waals surface area contributed by atoms with E-state index in [1.54, 1.807) is 0 Å².